The molecule has 0 atom stereocenters. The summed E-state index contributed by atoms with van der Waals surface area (Å²) in [7, 11) is 3.31. The van der Waals surface area contributed by atoms with Gasteiger partial charge in [-0.25, -0.2) is 9.67 Å². The van der Waals surface area contributed by atoms with Gasteiger partial charge in [0.2, 0.25) is 0 Å². The Balaban J connectivity index is 1.73. The van der Waals surface area contributed by atoms with E-state index in [1.54, 1.807) is 49.2 Å². The van der Waals surface area contributed by atoms with E-state index in [0.29, 0.717) is 40.1 Å². The van der Waals surface area contributed by atoms with E-state index >= 15 is 0 Å². The highest BCUT2D eigenvalue weighted by molar-refractivity contribution is 6.34. The molecule has 7 nitrogen and oxygen atoms in total. The van der Waals surface area contributed by atoms with Crippen molar-refractivity contribution in [2.75, 3.05) is 19.4 Å². The minimum Gasteiger partial charge on any atom is -0.345 e. The number of hydrogen-bond donors (Lipinski definition) is 1. The van der Waals surface area contributed by atoms with Crippen LogP contribution in [0.4, 0.5) is 5.69 Å². The van der Waals surface area contributed by atoms with Gasteiger partial charge in [-0.3, -0.25) is 9.59 Å². The molecular formula is C24H22ClN5O2. The van der Waals surface area contributed by atoms with Gasteiger partial charge in [0, 0.05) is 31.9 Å². The molecule has 0 aliphatic heterocycles. The van der Waals surface area contributed by atoms with E-state index in [-0.39, 0.29) is 16.8 Å². The molecule has 0 fully saturated rings. The van der Waals surface area contributed by atoms with Crippen LogP contribution in [-0.4, -0.2) is 45.6 Å². The number of rotatable bonds is 5. The van der Waals surface area contributed by atoms with Crippen LogP contribution in [0.1, 0.15) is 27.6 Å². The smallest absolute Gasteiger partial charge is 0.256 e. The summed E-state index contributed by atoms with van der Waals surface area (Å²) < 4.78 is 1.76. The van der Waals surface area contributed by atoms with Crippen molar-refractivity contribution in [3.63, 3.8) is 0 Å². The third-order valence-corrected chi connectivity index (χ3v) is 5.40. The van der Waals surface area contributed by atoms with Crippen LogP contribution in [0.25, 0.3) is 22.3 Å². The summed E-state index contributed by atoms with van der Waals surface area (Å²) in [6, 6.07) is 16.3. The molecule has 0 saturated carbocycles. The van der Waals surface area contributed by atoms with Gasteiger partial charge in [0.25, 0.3) is 11.8 Å². The maximum Gasteiger partial charge on any atom is 0.256 e. The molecule has 1 N–H and O–H groups in total. The molecule has 2 heterocycles. The van der Waals surface area contributed by atoms with Crippen LogP contribution >= 0.6 is 11.6 Å². The third-order valence-electron chi connectivity index (χ3n) is 5.09. The van der Waals surface area contributed by atoms with Crippen molar-refractivity contribution in [3.05, 3.63) is 76.9 Å². The lowest BCUT2D eigenvalue weighted by atomic mass is 10.1. The molecular weight excluding hydrogens is 426 g/mol. The Morgan fingerprint density at radius 1 is 1.06 bits per heavy atom. The van der Waals surface area contributed by atoms with E-state index in [1.807, 2.05) is 37.3 Å². The maximum atomic E-state index is 13.3. The van der Waals surface area contributed by atoms with Crippen LogP contribution in [0.15, 0.2) is 60.8 Å². The zero-order valence-corrected chi connectivity index (χ0v) is 18.7. The lowest BCUT2D eigenvalue weighted by Gasteiger charge is -2.13. The lowest BCUT2D eigenvalue weighted by molar-refractivity contribution is 0.0827. The molecule has 0 aliphatic rings. The van der Waals surface area contributed by atoms with Crippen molar-refractivity contribution < 1.29 is 9.59 Å². The maximum absolute atomic E-state index is 13.3. The van der Waals surface area contributed by atoms with Crippen molar-refractivity contribution in [2.45, 2.75) is 13.5 Å². The first-order valence-electron chi connectivity index (χ1n) is 10.1. The van der Waals surface area contributed by atoms with Gasteiger partial charge in [0.1, 0.15) is 0 Å². The van der Waals surface area contributed by atoms with Crippen molar-refractivity contribution in [1.29, 1.82) is 0 Å². The highest BCUT2D eigenvalue weighted by Gasteiger charge is 2.19. The fourth-order valence-electron chi connectivity index (χ4n) is 3.43. The molecule has 0 spiro atoms. The number of pyridine rings is 1. The van der Waals surface area contributed by atoms with Crippen molar-refractivity contribution >= 4 is 40.1 Å². The lowest BCUT2D eigenvalue weighted by Crippen LogP contribution is -2.22. The van der Waals surface area contributed by atoms with E-state index in [1.165, 1.54) is 4.90 Å². The Labute approximate surface area is 190 Å². The van der Waals surface area contributed by atoms with Gasteiger partial charge < -0.3 is 10.2 Å². The number of halogens is 1. The van der Waals surface area contributed by atoms with E-state index in [2.05, 4.69) is 10.4 Å². The van der Waals surface area contributed by atoms with Crippen LogP contribution in [0.3, 0.4) is 0 Å². The summed E-state index contributed by atoms with van der Waals surface area (Å²) in [4.78, 5) is 31.7. The quantitative estimate of drug-likeness (QED) is 0.479. The van der Waals surface area contributed by atoms with Crippen LogP contribution in [-0.2, 0) is 6.54 Å². The summed E-state index contributed by atoms with van der Waals surface area (Å²) >= 11 is 6.30. The first-order valence-corrected chi connectivity index (χ1v) is 10.5. The van der Waals surface area contributed by atoms with Crippen LogP contribution < -0.4 is 5.32 Å². The van der Waals surface area contributed by atoms with Crippen molar-refractivity contribution in [2.24, 2.45) is 0 Å². The SMILES string of the molecule is CCn1ncc2c(C(=O)Nc3ccc(C(=O)N(C)C)c(Cl)c3)cc(-c3ccccc3)nc21. The van der Waals surface area contributed by atoms with Gasteiger partial charge >= 0.3 is 0 Å². The topological polar surface area (TPSA) is 80.1 Å². The van der Waals surface area contributed by atoms with Gasteiger partial charge in [-0.15, -0.1) is 0 Å². The Bertz CT molecular complexity index is 1310. The van der Waals surface area contributed by atoms with Gasteiger partial charge in [0.15, 0.2) is 5.65 Å². The summed E-state index contributed by atoms with van der Waals surface area (Å²) in [6.45, 7) is 2.61. The Kier molecular flexibility index (Phi) is 5.92. The number of carbonyl (C=O) groups is 2. The molecule has 2 aromatic heterocycles. The predicted octanol–water partition coefficient (Wildman–Crippen LogP) is 4.73. The average molecular weight is 448 g/mol. The molecule has 8 heteroatoms. The number of carbonyl (C=O) groups excluding carboxylic acids is 2. The molecule has 0 aliphatic carbocycles. The normalized spacial score (nSPS) is 10.9. The second-order valence-electron chi connectivity index (χ2n) is 7.47. The van der Waals surface area contributed by atoms with Gasteiger partial charge in [-0.05, 0) is 31.2 Å². The highest BCUT2D eigenvalue weighted by atomic mass is 35.5. The number of nitrogens with zero attached hydrogens (tertiary/aromatic N) is 4. The minimum atomic E-state index is -0.312. The average Bonchev–Trinajstić information content (AvgIpc) is 3.21. The minimum absolute atomic E-state index is 0.205. The van der Waals surface area contributed by atoms with E-state index in [9.17, 15) is 9.59 Å². The molecule has 0 bridgehead atoms. The third kappa shape index (κ3) is 4.07. The number of aryl methyl sites for hydroxylation is 1. The first-order chi connectivity index (χ1) is 15.4. The monoisotopic (exact) mass is 447 g/mol. The predicted molar refractivity (Wildman–Crippen MR) is 126 cm³/mol. The first kappa shape index (κ1) is 21.5. The van der Waals surface area contributed by atoms with Gasteiger partial charge in [-0.2, -0.15) is 5.10 Å². The fraction of sp³-hybridized carbons (Fsp3) is 0.167. The second-order valence-corrected chi connectivity index (χ2v) is 7.87. The Morgan fingerprint density at radius 2 is 1.81 bits per heavy atom. The molecule has 0 unspecified atom stereocenters. The highest BCUT2D eigenvalue weighted by Crippen LogP contribution is 2.27. The molecule has 4 aromatic rings. The largest absolute Gasteiger partial charge is 0.345 e. The zero-order chi connectivity index (χ0) is 22.8. The summed E-state index contributed by atoms with van der Waals surface area (Å²) in [5, 5.41) is 8.18. The summed E-state index contributed by atoms with van der Waals surface area (Å²) in [5.41, 5.74) is 3.55. The Hall–Kier alpha value is -3.71. The molecule has 2 amide bonds. The van der Waals surface area contributed by atoms with Crippen LogP contribution in [0, 0.1) is 0 Å². The number of nitrogens with one attached hydrogen (secondary N) is 1. The van der Waals surface area contributed by atoms with E-state index in [4.69, 9.17) is 16.6 Å². The number of hydrogen-bond acceptors (Lipinski definition) is 4. The van der Waals surface area contributed by atoms with Crippen LogP contribution in [0.5, 0.6) is 0 Å². The molecule has 162 valence electrons. The molecule has 4 rings (SSSR count). The van der Waals surface area contributed by atoms with Crippen LogP contribution in [0.2, 0.25) is 5.02 Å². The number of amides is 2. The summed E-state index contributed by atoms with van der Waals surface area (Å²) in [5.74, 6) is -0.517. The number of benzene rings is 2. The van der Waals surface area contributed by atoms with E-state index < -0.39 is 0 Å². The molecule has 0 saturated heterocycles. The van der Waals surface area contributed by atoms with Crippen molar-refractivity contribution in [1.82, 2.24) is 19.7 Å². The van der Waals surface area contributed by atoms with Gasteiger partial charge in [-0.1, -0.05) is 41.9 Å². The fourth-order valence-corrected chi connectivity index (χ4v) is 3.69. The Morgan fingerprint density at radius 3 is 2.47 bits per heavy atom. The van der Waals surface area contributed by atoms with Gasteiger partial charge in [0.05, 0.1) is 33.4 Å². The number of aromatic nitrogens is 3. The molecule has 0 radical (unpaired) electrons. The summed E-state index contributed by atoms with van der Waals surface area (Å²) in [6.07, 6.45) is 1.65. The van der Waals surface area contributed by atoms with Crippen molar-refractivity contribution in [3.8, 4) is 11.3 Å². The standard InChI is InChI=1S/C24H22ClN5O2/c1-4-30-22-19(14-26-30)18(13-21(28-22)15-8-6-5-7-9-15)23(31)27-16-10-11-17(20(25)12-16)24(32)29(2)3/h5-14H,4H2,1-3H3,(H,27,31). The number of anilines is 1. The number of fused-ring (bicyclic) bond motifs is 1. The second kappa shape index (κ2) is 8.80. The zero-order valence-electron chi connectivity index (χ0n) is 18.0. The molecule has 2 aromatic carbocycles. The van der Waals surface area contributed by atoms with E-state index in [0.717, 1.165) is 5.56 Å². The molecule has 32 heavy (non-hydrogen) atoms.